The van der Waals surface area contributed by atoms with E-state index in [0.717, 1.165) is 31.2 Å². The van der Waals surface area contributed by atoms with E-state index in [1.165, 1.54) is 17.5 Å². The minimum Gasteiger partial charge on any atom is -0.349 e. The van der Waals surface area contributed by atoms with Crippen molar-refractivity contribution in [2.24, 2.45) is 0 Å². The van der Waals surface area contributed by atoms with Crippen LogP contribution in [0.1, 0.15) is 46.3 Å². The maximum absolute atomic E-state index is 12.3. The summed E-state index contributed by atoms with van der Waals surface area (Å²) in [5, 5.41) is 5.86. The van der Waals surface area contributed by atoms with Crippen LogP contribution in [-0.2, 0) is 24.1 Å². The molecule has 4 rings (SSSR count). The van der Waals surface area contributed by atoms with Crippen molar-refractivity contribution in [1.29, 1.82) is 0 Å². The van der Waals surface area contributed by atoms with Gasteiger partial charge in [0.1, 0.15) is 0 Å². The molecule has 2 aromatic carbocycles. The molecule has 2 aromatic rings. The molecule has 1 saturated carbocycles. The Morgan fingerprint density at radius 1 is 0.960 bits per heavy atom. The lowest BCUT2D eigenvalue weighted by Gasteiger charge is -2.08. The molecule has 0 radical (unpaired) electrons. The SMILES string of the molecule is O=C(Cc1ccc2c(c1)CCC2)Nc1ccc(C(=O)NC2CC2)cc1. The number of benzene rings is 2. The van der Waals surface area contributed by atoms with E-state index >= 15 is 0 Å². The maximum Gasteiger partial charge on any atom is 0.251 e. The molecule has 4 heteroatoms. The minimum atomic E-state index is -0.0430. The summed E-state index contributed by atoms with van der Waals surface area (Å²) in [6.45, 7) is 0. The predicted octanol–water partition coefficient (Wildman–Crippen LogP) is 3.25. The van der Waals surface area contributed by atoms with Gasteiger partial charge in [0, 0.05) is 17.3 Å². The molecule has 0 atom stereocenters. The first-order valence-electron chi connectivity index (χ1n) is 8.99. The highest BCUT2D eigenvalue weighted by atomic mass is 16.2. The Balaban J connectivity index is 1.34. The molecule has 0 spiro atoms. The molecule has 1 fully saturated rings. The molecule has 2 aliphatic rings. The summed E-state index contributed by atoms with van der Waals surface area (Å²) in [6, 6.07) is 13.8. The van der Waals surface area contributed by atoms with Crippen molar-refractivity contribution in [3.05, 3.63) is 64.7 Å². The van der Waals surface area contributed by atoms with Gasteiger partial charge in [0.15, 0.2) is 0 Å². The molecule has 0 aromatic heterocycles. The number of anilines is 1. The summed E-state index contributed by atoms with van der Waals surface area (Å²) in [7, 11) is 0. The summed E-state index contributed by atoms with van der Waals surface area (Å²) < 4.78 is 0. The molecule has 0 saturated heterocycles. The molecule has 0 heterocycles. The van der Waals surface area contributed by atoms with Crippen LogP contribution in [0.3, 0.4) is 0 Å². The van der Waals surface area contributed by atoms with Gasteiger partial charge in [-0.25, -0.2) is 0 Å². The summed E-state index contributed by atoms with van der Waals surface area (Å²) in [4.78, 5) is 24.2. The molecule has 2 amide bonds. The quantitative estimate of drug-likeness (QED) is 0.882. The number of rotatable bonds is 5. The van der Waals surface area contributed by atoms with Crippen LogP contribution in [0.2, 0.25) is 0 Å². The van der Waals surface area contributed by atoms with Crippen LogP contribution in [-0.4, -0.2) is 17.9 Å². The zero-order valence-electron chi connectivity index (χ0n) is 14.2. The summed E-state index contributed by atoms with van der Waals surface area (Å²) in [5.74, 6) is -0.0772. The van der Waals surface area contributed by atoms with Crippen LogP contribution in [0.15, 0.2) is 42.5 Å². The first-order chi connectivity index (χ1) is 12.2. The van der Waals surface area contributed by atoms with Gasteiger partial charge >= 0.3 is 0 Å². The second-order valence-electron chi connectivity index (χ2n) is 7.01. The van der Waals surface area contributed by atoms with E-state index in [0.29, 0.717) is 23.7 Å². The lowest BCUT2D eigenvalue weighted by molar-refractivity contribution is -0.115. The van der Waals surface area contributed by atoms with E-state index in [1.54, 1.807) is 24.3 Å². The second kappa shape index (κ2) is 6.71. The van der Waals surface area contributed by atoms with Gasteiger partial charge in [-0.15, -0.1) is 0 Å². The highest BCUT2D eigenvalue weighted by Crippen LogP contribution is 2.23. The number of fused-ring (bicyclic) bond motifs is 1. The maximum atomic E-state index is 12.3. The third-order valence-corrected chi connectivity index (χ3v) is 4.87. The van der Waals surface area contributed by atoms with Crippen molar-refractivity contribution in [1.82, 2.24) is 5.32 Å². The molecular formula is C21H22N2O2. The lowest BCUT2D eigenvalue weighted by atomic mass is 10.0. The third-order valence-electron chi connectivity index (χ3n) is 4.87. The number of carbonyl (C=O) groups is 2. The van der Waals surface area contributed by atoms with E-state index in [1.807, 2.05) is 0 Å². The summed E-state index contributed by atoms with van der Waals surface area (Å²) in [6.07, 6.45) is 6.01. The monoisotopic (exact) mass is 334 g/mol. The van der Waals surface area contributed by atoms with Gasteiger partial charge in [-0.05, 0) is 73.1 Å². The summed E-state index contributed by atoms with van der Waals surface area (Å²) >= 11 is 0. The normalized spacial score (nSPS) is 15.5. The minimum absolute atomic E-state index is 0.0341. The molecule has 2 N–H and O–H groups in total. The van der Waals surface area contributed by atoms with Gasteiger partial charge in [0.05, 0.1) is 6.42 Å². The molecular weight excluding hydrogens is 312 g/mol. The van der Waals surface area contributed by atoms with Crippen LogP contribution < -0.4 is 10.6 Å². The Hall–Kier alpha value is -2.62. The number of hydrogen-bond acceptors (Lipinski definition) is 2. The zero-order chi connectivity index (χ0) is 17.2. The fourth-order valence-corrected chi connectivity index (χ4v) is 3.33. The van der Waals surface area contributed by atoms with E-state index in [2.05, 4.69) is 28.8 Å². The van der Waals surface area contributed by atoms with Crippen molar-refractivity contribution in [2.45, 2.75) is 44.6 Å². The van der Waals surface area contributed by atoms with Gasteiger partial charge in [-0.2, -0.15) is 0 Å². The van der Waals surface area contributed by atoms with Crippen molar-refractivity contribution in [3.63, 3.8) is 0 Å². The van der Waals surface area contributed by atoms with E-state index in [-0.39, 0.29) is 11.8 Å². The van der Waals surface area contributed by atoms with Crippen molar-refractivity contribution in [2.75, 3.05) is 5.32 Å². The van der Waals surface area contributed by atoms with Gasteiger partial charge in [0.25, 0.3) is 5.91 Å². The Labute approximate surface area is 147 Å². The molecule has 2 aliphatic carbocycles. The van der Waals surface area contributed by atoms with Crippen LogP contribution in [0.4, 0.5) is 5.69 Å². The number of hydrogen-bond donors (Lipinski definition) is 2. The van der Waals surface area contributed by atoms with E-state index < -0.39 is 0 Å². The summed E-state index contributed by atoms with van der Waals surface area (Å²) in [5.41, 5.74) is 5.21. The largest absolute Gasteiger partial charge is 0.349 e. The van der Waals surface area contributed by atoms with Crippen molar-refractivity contribution >= 4 is 17.5 Å². The number of nitrogens with one attached hydrogen (secondary N) is 2. The van der Waals surface area contributed by atoms with E-state index in [4.69, 9.17) is 0 Å². The number of carbonyl (C=O) groups excluding carboxylic acids is 2. The van der Waals surface area contributed by atoms with Crippen LogP contribution >= 0.6 is 0 Å². The van der Waals surface area contributed by atoms with Crippen LogP contribution in [0.5, 0.6) is 0 Å². The van der Waals surface area contributed by atoms with Gasteiger partial charge < -0.3 is 10.6 Å². The molecule has 4 nitrogen and oxygen atoms in total. The third kappa shape index (κ3) is 3.90. The Morgan fingerprint density at radius 3 is 2.48 bits per heavy atom. The molecule has 0 aliphatic heterocycles. The Morgan fingerprint density at radius 2 is 1.72 bits per heavy atom. The topological polar surface area (TPSA) is 58.2 Å². The molecule has 128 valence electrons. The van der Waals surface area contributed by atoms with Gasteiger partial charge in [-0.1, -0.05) is 18.2 Å². The van der Waals surface area contributed by atoms with Crippen LogP contribution in [0, 0.1) is 0 Å². The predicted molar refractivity (Wildman–Crippen MR) is 97.7 cm³/mol. The highest BCUT2D eigenvalue weighted by Gasteiger charge is 2.23. The fraction of sp³-hybridized carbons (Fsp3) is 0.333. The number of aryl methyl sites for hydroxylation is 2. The average molecular weight is 334 g/mol. The lowest BCUT2D eigenvalue weighted by Crippen LogP contribution is -2.25. The first kappa shape index (κ1) is 15.9. The molecule has 0 bridgehead atoms. The smallest absolute Gasteiger partial charge is 0.251 e. The Kier molecular flexibility index (Phi) is 4.26. The highest BCUT2D eigenvalue weighted by molar-refractivity contribution is 5.96. The zero-order valence-corrected chi connectivity index (χ0v) is 14.2. The van der Waals surface area contributed by atoms with E-state index in [9.17, 15) is 9.59 Å². The van der Waals surface area contributed by atoms with Crippen LogP contribution in [0.25, 0.3) is 0 Å². The fourth-order valence-electron chi connectivity index (χ4n) is 3.33. The van der Waals surface area contributed by atoms with Crippen molar-refractivity contribution < 1.29 is 9.59 Å². The van der Waals surface area contributed by atoms with Crippen molar-refractivity contribution in [3.8, 4) is 0 Å². The standard InChI is InChI=1S/C21H22N2O2/c24-20(13-14-4-5-15-2-1-3-17(15)12-14)22-18-8-6-16(7-9-18)21(25)23-19-10-11-19/h4-9,12,19H,1-3,10-11,13H2,(H,22,24)(H,23,25). The molecule has 0 unspecified atom stereocenters. The first-order valence-corrected chi connectivity index (χ1v) is 8.99. The second-order valence-corrected chi connectivity index (χ2v) is 7.01. The van der Waals surface area contributed by atoms with Gasteiger partial charge in [0.2, 0.25) is 5.91 Å². The average Bonchev–Trinajstić information content (AvgIpc) is 3.29. The molecule has 25 heavy (non-hydrogen) atoms. The number of amides is 2. The Bertz CT molecular complexity index is 807. The van der Waals surface area contributed by atoms with Gasteiger partial charge in [-0.3, -0.25) is 9.59 Å².